The number of nitrogens with zero attached hydrogens (tertiary/aromatic N) is 5. The summed E-state index contributed by atoms with van der Waals surface area (Å²) in [5, 5.41) is 17.6. The number of halogens is 6. The van der Waals surface area contributed by atoms with Crippen molar-refractivity contribution in [3.63, 3.8) is 0 Å². The summed E-state index contributed by atoms with van der Waals surface area (Å²) >= 11 is 0. The number of fused-ring (bicyclic) bond motifs is 1. The van der Waals surface area contributed by atoms with Crippen LogP contribution < -0.4 is 25.7 Å². The Morgan fingerprint density at radius 2 is 1.31 bits per heavy atom. The van der Waals surface area contributed by atoms with Gasteiger partial charge in [-0.2, -0.15) is 26.3 Å². The summed E-state index contributed by atoms with van der Waals surface area (Å²) in [6.45, 7) is 7.38. The summed E-state index contributed by atoms with van der Waals surface area (Å²) < 4.78 is 63.1. The minimum absolute atomic E-state index is 0.696. The lowest BCUT2D eigenvalue weighted by Gasteiger charge is -2.33. The number of pyridine rings is 1. The molecule has 1 fully saturated rings. The van der Waals surface area contributed by atoms with Gasteiger partial charge in [0.1, 0.15) is 23.3 Å². The van der Waals surface area contributed by atoms with E-state index in [-0.39, 0.29) is 0 Å². The first-order valence-corrected chi connectivity index (χ1v) is 14.9. The fourth-order valence-electron chi connectivity index (χ4n) is 4.62. The number of aromatic nitrogens is 3. The van der Waals surface area contributed by atoms with Crippen LogP contribution in [-0.2, 0) is 16.1 Å². The summed E-state index contributed by atoms with van der Waals surface area (Å²) in [6, 6.07) is 22.9. The van der Waals surface area contributed by atoms with Crippen molar-refractivity contribution >= 4 is 28.9 Å². The highest BCUT2D eigenvalue weighted by atomic mass is 19.4. The lowest BCUT2D eigenvalue weighted by molar-refractivity contribution is -0.900. The third kappa shape index (κ3) is 11.7. The second-order valence-corrected chi connectivity index (χ2v) is 11.1. The van der Waals surface area contributed by atoms with E-state index in [0.717, 1.165) is 73.1 Å². The highest BCUT2D eigenvalue weighted by molar-refractivity contribution is 5.85. The van der Waals surface area contributed by atoms with E-state index in [1.165, 1.54) is 12.1 Å². The number of carbonyl (C=O) groups excluding carboxylic acids is 2. The maximum Gasteiger partial charge on any atom is 0.430 e. The van der Waals surface area contributed by atoms with Gasteiger partial charge < -0.3 is 40.2 Å². The van der Waals surface area contributed by atoms with Crippen LogP contribution in [0.5, 0.6) is 0 Å². The molecule has 1 saturated heterocycles. The predicted molar refractivity (Wildman–Crippen MR) is 163 cm³/mol. The third-order valence-electron chi connectivity index (χ3n) is 7.25. The number of benzene rings is 2. The number of hydrogen-bond acceptors (Lipinski definition) is 9. The van der Waals surface area contributed by atoms with Gasteiger partial charge in [0.15, 0.2) is 5.65 Å². The number of alkyl halides is 6. The van der Waals surface area contributed by atoms with Crippen molar-refractivity contribution in [2.75, 3.05) is 58.3 Å². The number of quaternary nitrogens is 2. The van der Waals surface area contributed by atoms with Crippen LogP contribution in [0.15, 0.2) is 66.7 Å². The van der Waals surface area contributed by atoms with Crippen LogP contribution in [0.3, 0.4) is 0 Å². The molecular weight excluding hydrogens is 660 g/mol. The number of nitrogens with one attached hydrogen (secondary N) is 1. The molecule has 11 nitrogen and oxygen atoms in total. The van der Waals surface area contributed by atoms with Crippen LogP contribution in [0.4, 0.5) is 32.2 Å². The topological polar surface area (TPSA) is 157 Å². The third-order valence-corrected chi connectivity index (χ3v) is 7.25. The lowest BCUT2D eigenvalue weighted by Crippen LogP contribution is -3.15. The molecule has 0 unspecified atom stereocenters. The molecule has 17 heteroatoms. The van der Waals surface area contributed by atoms with Crippen LogP contribution in [-0.4, -0.2) is 97.5 Å². The van der Waals surface area contributed by atoms with Gasteiger partial charge in [-0.3, -0.25) is 0 Å². The maximum atomic E-state index is 10.5. The average molecular weight is 696 g/mol. The summed E-state index contributed by atoms with van der Waals surface area (Å²) in [6.07, 6.45) is -10.4. The Kier molecular flexibility index (Phi) is 13.4. The highest BCUT2D eigenvalue weighted by Crippen LogP contribution is 2.31. The zero-order valence-electron chi connectivity index (χ0n) is 26.6. The minimum Gasteiger partial charge on any atom is -0.542 e. The number of aliphatic carboxylic acids is 2. The SMILES string of the molecule is CN(C)CC[NH+]1CCN(c2ccc3nc(-c4ccc(C[NH3+])cc4)c(-c4ccccc4)nc3n2)CC1.O=C([O-])C(F)(F)F.O=C([O-])C(F)(F)F. The molecule has 0 aliphatic carbocycles. The number of likely N-dealkylation sites (N-methyl/N-ethyl adjacent to an activating group) is 1. The van der Waals surface area contributed by atoms with Crippen LogP contribution in [0.25, 0.3) is 33.7 Å². The van der Waals surface area contributed by atoms with Crippen LogP contribution in [0, 0.1) is 0 Å². The summed E-state index contributed by atoms with van der Waals surface area (Å²) in [4.78, 5) is 39.0. The van der Waals surface area contributed by atoms with E-state index >= 15 is 0 Å². The Morgan fingerprint density at radius 3 is 1.80 bits per heavy atom. The van der Waals surface area contributed by atoms with E-state index in [2.05, 4.69) is 78.2 Å². The lowest BCUT2D eigenvalue weighted by atomic mass is 10.0. The maximum absolute atomic E-state index is 10.5. The van der Waals surface area contributed by atoms with Gasteiger partial charge in [0.2, 0.25) is 0 Å². The smallest absolute Gasteiger partial charge is 0.430 e. The second-order valence-electron chi connectivity index (χ2n) is 11.1. The van der Waals surface area contributed by atoms with Gasteiger partial charge in [-0.15, -0.1) is 0 Å². The molecule has 4 aromatic rings. The Balaban J connectivity index is 0.000000392. The summed E-state index contributed by atoms with van der Waals surface area (Å²) in [5.74, 6) is -5.02. The minimum atomic E-state index is -5.19. The fourth-order valence-corrected chi connectivity index (χ4v) is 4.62. The number of anilines is 1. The first-order chi connectivity index (χ1) is 23.0. The molecule has 1 aliphatic rings. The quantitative estimate of drug-likeness (QED) is 0.254. The van der Waals surface area contributed by atoms with Gasteiger partial charge in [0.25, 0.3) is 0 Å². The van der Waals surface area contributed by atoms with Crippen molar-refractivity contribution in [2.45, 2.75) is 18.9 Å². The van der Waals surface area contributed by atoms with Gasteiger partial charge in [0, 0.05) is 23.2 Å². The largest absolute Gasteiger partial charge is 0.542 e. The Morgan fingerprint density at radius 1 is 0.796 bits per heavy atom. The molecule has 2 aromatic carbocycles. The van der Waals surface area contributed by atoms with Crippen LogP contribution >= 0.6 is 0 Å². The van der Waals surface area contributed by atoms with E-state index in [0.29, 0.717) is 5.65 Å². The van der Waals surface area contributed by atoms with Crippen LogP contribution in [0.1, 0.15) is 5.56 Å². The zero-order valence-corrected chi connectivity index (χ0v) is 26.6. The molecule has 0 saturated carbocycles. The summed E-state index contributed by atoms with van der Waals surface area (Å²) in [7, 11) is 4.28. The van der Waals surface area contributed by atoms with E-state index in [9.17, 15) is 26.3 Å². The van der Waals surface area contributed by atoms with Crippen molar-refractivity contribution in [1.29, 1.82) is 0 Å². The monoisotopic (exact) mass is 695 g/mol. The first-order valence-electron chi connectivity index (χ1n) is 14.9. The molecule has 5 rings (SSSR count). The molecule has 4 N–H and O–H groups in total. The Labute approximate surface area is 277 Å². The predicted octanol–water partition coefficient (Wildman–Crippen LogP) is -0.0356. The second kappa shape index (κ2) is 17.0. The molecular formula is C32H35F6N7O4. The molecule has 49 heavy (non-hydrogen) atoms. The standard InChI is InChI=1S/C28H33N7.2C2HF3O2/c1-33(2)14-15-34-16-18-35(19-17-34)25-13-12-24-28(31-25)32-27(22-6-4-3-5-7-22)26(30-24)23-10-8-21(20-29)9-11-23;2*3-2(4,5)1(6)7/h3-13H,14-20,29H2,1-2H3;2*(H,6,7). The number of rotatable bonds is 7. The highest BCUT2D eigenvalue weighted by Gasteiger charge is 2.29. The Hall–Kier alpha value is -4.87. The Bertz CT molecular complexity index is 1660. The molecule has 1 aliphatic heterocycles. The van der Waals surface area contributed by atoms with Crippen molar-refractivity contribution < 1.29 is 56.8 Å². The van der Waals surface area contributed by atoms with E-state index in [4.69, 9.17) is 34.8 Å². The summed E-state index contributed by atoms with van der Waals surface area (Å²) in [5.41, 5.74) is 10.6. The molecule has 264 valence electrons. The molecule has 3 heterocycles. The van der Waals surface area contributed by atoms with Gasteiger partial charge >= 0.3 is 12.4 Å². The van der Waals surface area contributed by atoms with Crippen molar-refractivity contribution in [2.24, 2.45) is 0 Å². The van der Waals surface area contributed by atoms with Gasteiger partial charge in [-0.1, -0.05) is 54.6 Å². The fraction of sp³-hybridized carbons (Fsp3) is 0.344. The van der Waals surface area contributed by atoms with E-state index in [1.54, 1.807) is 4.90 Å². The van der Waals surface area contributed by atoms with Crippen LogP contribution in [0.2, 0.25) is 0 Å². The normalized spacial score (nSPS) is 13.7. The molecule has 0 spiro atoms. The number of carboxylic acids is 2. The van der Waals surface area contributed by atoms with Gasteiger partial charge in [-0.05, 0) is 26.2 Å². The van der Waals surface area contributed by atoms with E-state index < -0.39 is 24.3 Å². The average Bonchev–Trinajstić information content (AvgIpc) is 3.07. The number of carbonyl (C=O) groups is 2. The van der Waals surface area contributed by atoms with Crippen molar-refractivity contribution in [3.8, 4) is 22.5 Å². The number of carboxylic acid groups (broad SMARTS) is 2. The number of hydrogen-bond donors (Lipinski definition) is 2. The molecule has 2 aromatic heterocycles. The zero-order chi connectivity index (χ0) is 36.4. The van der Waals surface area contributed by atoms with Crippen molar-refractivity contribution in [1.82, 2.24) is 19.9 Å². The molecule has 0 atom stereocenters. The van der Waals surface area contributed by atoms with Gasteiger partial charge in [-0.25, -0.2) is 15.0 Å². The van der Waals surface area contributed by atoms with Crippen molar-refractivity contribution in [3.05, 3.63) is 72.3 Å². The first kappa shape index (κ1) is 38.6. The molecule has 0 radical (unpaired) electrons. The molecule has 0 bridgehead atoms. The van der Waals surface area contributed by atoms with E-state index in [1.807, 2.05) is 18.2 Å². The molecule has 0 amide bonds. The number of piperazine rings is 1. The van der Waals surface area contributed by atoms with Gasteiger partial charge in [0.05, 0.1) is 50.7 Å².